The molecule has 0 spiro atoms. The number of piperidine rings is 1. The van der Waals surface area contributed by atoms with Crippen molar-refractivity contribution in [2.45, 2.75) is 64.8 Å². The third-order valence-electron chi connectivity index (χ3n) is 6.09. The molecular formula is C25H40FNO2. The van der Waals surface area contributed by atoms with E-state index >= 15 is 0 Å². The van der Waals surface area contributed by atoms with E-state index in [1.54, 1.807) is 19.2 Å². The Hall–Kier alpha value is -1.23. The Morgan fingerprint density at radius 1 is 1.14 bits per heavy atom. The van der Waals surface area contributed by atoms with Gasteiger partial charge in [0.15, 0.2) is 0 Å². The molecular weight excluding hydrogens is 365 g/mol. The molecule has 4 heteroatoms. The van der Waals surface area contributed by atoms with E-state index in [-0.39, 0.29) is 11.2 Å². The minimum atomic E-state index is -0.168. The van der Waals surface area contributed by atoms with Crippen molar-refractivity contribution in [3.63, 3.8) is 0 Å². The maximum atomic E-state index is 13.4. The molecule has 0 N–H and O–H groups in total. The summed E-state index contributed by atoms with van der Waals surface area (Å²) in [5.41, 5.74) is 2.56. The van der Waals surface area contributed by atoms with Gasteiger partial charge in [-0.15, -0.1) is 0 Å². The maximum Gasteiger partial charge on any atom is 0.123 e. The SMILES string of the molecule is COCCOCCC1CCN(C(C=C(C)C)CC(C)(C)c2ccc(F)cc2)CC1. The lowest BCUT2D eigenvalue weighted by atomic mass is 9.78. The van der Waals surface area contributed by atoms with E-state index in [1.807, 2.05) is 12.1 Å². The van der Waals surface area contributed by atoms with Crippen molar-refractivity contribution < 1.29 is 13.9 Å². The van der Waals surface area contributed by atoms with Crippen LogP contribution in [-0.2, 0) is 14.9 Å². The number of benzene rings is 1. The first-order valence-electron chi connectivity index (χ1n) is 11.0. The summed E-state index contributed by atoms with van der Waals surface area (Å²) in [7, 11) is 1.71. The van der Waals surface area contributed by atoms with Crippen LogP contribution in [0.4, 0.5) is 4.39 Å². The third-order valence-corrected chi connectivity index (χ3v) is 6.09. The molecule has 1 saturated heterocycles. The van der Waals surface area contributed by atoms with Crippen LogP contribution in [0.15, 0.2) is 35.9 Å². The average molecular weight is 406 g/mol. The van der Waals surface area contributed by atoms with Gasteiger partial charge < -0.3 is 9.47 Å². The highest BCUT2D eigenvalue weighted by Crippen LogP contribution is 2.33. The Morgan fingerprint density at radius 3 is 2.38 bits per heavy atom. The fourth-order valence-corrected chi connectivity index (χ4v) is 4.29. The second-order valence-electron chi connectivity index (χ2n) is 9.28. The maximum absolute atomic E-state index is 13.4. The topological polar surface area (TPSA) is 21.7 Å². The molecule has 0 aliphatic carbocycles. The predicted molar refractivity (Wildman–Crippen MR) is 119 cm³/mol. The van der Waals surface area contributed by atoms with Gasteiger partial charge in [0, 0.05) is 19.8 Å². The zero-order valence-corrected chi connectivity index (χ0v) is 19.0. The lowest BCUT2D eigenvalue weighted by Gasteiger charge is -2.40. The van der Waals surface area contributed by atoms with Crippen molar-refractivity contribution in [2.24, 2.45) is 5.92 Å². The van der Waals surface area contributed by atoms with Gasteiger partial charge >= 0.3 is 0 Å². The number of allylic oxidation sites excluding steroid dienone is 1. The molecule has 1 unspecified atom stereocenters. The van der Waals surface area contributed by atoms with Gasteiger partial charge in [-0.1, -0.05) is 37.6 Å². The van der Waals surface area contributed by atoms with Gasteiger partial charge in [0.1, 0.15) is 5.82 Å². The van der Waals surface area contributed by atoms with Gasteiger partial charge in [0.2, 0.25) is 0 Å². The van der Waals surface area contributed by atoms with Crippen molar-refractivity contribution in [3.8, 4) is 0 Å². The quantitative estimate of drug-likeness (QED) is 0.354. The van der Waals surface area contributed by atoms with Gasteiger partial charge in [-0.25, -0.2) is 4.39 Å². The Morgan fingerprint density at radius 2 is 1.79 bits per heavy atom. The summed E-state index contributed by atoms with van der Waals surface area (Å²) < 4.78 is 24.0. The molecule has 164 valence electrons. The molecule has 29 heavy (non-hydrogen) atoms. The van der Waals surface area contributed by atoms with Crippen molar-refractivity contribution >= 4 is 0 Å². The molecule has 1 aromatic rings. The van der Waals surface area contributed by atoms with E-state index in [9.17, 15) is 4.39 Å². The largest absolute Gasteiger partial charge is 0.382 e. The van der Waals surface area contributed by atoms with Gasteiger partial charge in [-0.2, -0.15) is 0 Å². The first kappa shape index (κ1) is 24.0. The van der Waals surface area contributed by atoms with Crippen LogP contribution in [0.3, 0.4) is 0 Å². The fourth-order valence-electron chi connectivity index (χ4n) is 4.29. The number of hydrogen-bond acceptors (Lipinski definition) is 3. The van der Waals surface area contributed by atoms with Crippen LogP contribution in [0.2, 0.25) is 0 Å². The second kappa shape index (κ2) is 11.8. The summed E-state index contributed by atoms with van der Waals surface area (Å²) in [6.45, 7) is 13.4. The minimum absolute atomic E-state index is 0.00362. The molecule has 3 nitrogen and oxygen atoms in total. The smallest absolute Gasteiger partial charge is 0.123 e. The Balaban J connectivity index is 1.92. The number of likely N-dealkylation sites (tertiary alicyclic amines) is 1. The van der Waals surface area contributed by atoms with E-state index < -0.39 is 0 Å². The summed E-state index contributed by atoms with van der Waals surface area (Å²) in [6, 6.07) is 7.44. The van der Waals surface area contributed by atoms with E-state index in [2.05, 4.69) is 38.7 Å². The van der Waals surface area contributed by atoms with Crippen LogP contribution < -0.4 is 0 Å². The minimum Gasteiger partial charge on any atom is -0.382 e. The molecule has 0 radical (unpaired) electrons. The number of nitrogens with zero attached hydrogens (tertiary/aromatic N) is 1. The zero-order valence-electron chi connectivity index (χ0n) is 19.0. The summed E-state index contributed by atoms with van der Waals surface area (Å²) in [5, 5.41) is 0. The Labute approximate surface area is 177 Å². The monoisotopic (exact) mass is 405 g/mol. The molecule has 1 fully saturated rings. The van der Waals surface area contributed by atoms with Crippen LogP contribution in [0, 0.1) is 11.7 Å². The summed E-state index contributed by atoms with van der Waals surface area (Å²) in [5.74, 6) is 0.588. The molecule has 1 heterocycles. The van der Waals surface area contributed by atoms with Crippen molar-refractivity contribution in [1.29, 1.82) is 0 Å². The highest BCUT2D eigenvalue weighted by molar-refractivity contribution is 5.25. The van der Waals surface area contributed by atoms with E-state index in [1.165, 1.54) is 24.0 Å². The van der Waals surface area contributed by atoms with Crippen LogP contribution in [-0.4, -0.2) is 51.0 Å². The zero-order chi connectivity index (χ0) is 21.3. The average Bonchev–Trinajstić information content (AvgIpc) is 2.67. The van der Waals surface area contributed by atoms with Crippen LogP contribution >= 0.6 is 0 Å². The molecule has 0 saturated carbocycles. The van der Waals surface area contributed by atoms with Gasteiger partial charge in [-0.05, 0) is 81.6 Å². The molecule has 0 amide bonds. The fraction of sp³-hybridized carbons (Fsp3) is 0.680. The summed E-state index contributed by atoms with van der Waals surface area (Å²) >= 11 is 0. The van der Waals surface area contributed by atoms with Gasteiger partial charge in [0.05, 0.1) is 13.2 Å². The Bertz CT molecular complexity index is 614. The number of rotatable bonds is 11. The Kier molecular flexibility index (Phi) is 9.81. The first-order valence-corrected chi connectivity index (χ1v) is 11.0. The summed E-state index contributed by atoms with van der Waals surface area (Å²) in [6.07, 6.45) is 7.06. The number of hydrogen-bond donors (Lipinski definition) is 0. The van der Waals surface area contributed by atoms with E-state index in [0.29, 0.717) is 19.3 Å². The predicted octanol–water partition coefficient (Wildman–Crippen LogP) is 5.59. The van der Waals surface area contributed by atoms with E-state index in [0.717, 1.165) is 38.5 Å². The third kappa shape index (κ3) is 8.19. The highest BCUT2D eigenvalue weighted by Gasteiger charge is 2.30. The molecule has 1 aliphatic heterocycles. The molecule has 1 aliphatic rings. The molecule has 2 rings (SSSR count). The first-order chi connectivity index (χ1) is 13.8. The van der Waals surface area contributed by atoms with Crippen molar-refractivity contribution in [2.75, 3.05) is 40.0 Å². The number of ether oxygens (including phenoxy) is 2. The molecule has 0 aromatic heterocycles. The highest BCUT2D eigenvalue weighted by atomic mass is 19.1. The number of methoxy groups -OCH3 is 1. The van der Waals surface area contributed by atoms with Gasteiger partial charge in [-0.3, -0.25) is 4.90 Å². The van der Waals surface area contributed by atoms with Gasteiger partial charge in [0.25, 0.3) is 0 Å². The van der Waals surface area contributed by atoms with Crippen molar-refractivity contribution in [3.05, 3.63) is 47.3 Å². The lowest BCUT2D eigenvalue weighted by Crippen LogP contribution is -2.43. The molecule has 0 bridgehead atoms. The number of halogens is 1. The standard InChI is InChI=1S/C25H40FNO2/c1-20(2)18-24(19-25(3,4)22-6-8-23(26)9-7-22)27-13-10-21(11-14-27)12-15-29-17-16-28-5/h6-9,18,21,24H,10-17,19H2,1-5H3. The van der Waals surface area contributed by atoms with Crippen LogP contribution in [0.1, 0.15) is 58.9 Å². The van der Waals surface area contributed by atoms with E-state index in [4.69, 9.17) is 9.47 Å². The lowest BCUT2D eigenvalue weighted by molar-refractivity contribution is 0.0549. The second-order valence-corrected chi connectivity index (χ2v) is 9.28. The molecule has 1 atom stereocenters. The van der Waals surface area contributed by atoms with Crippen molar-refractivity contribution in [1.82, 2.24) is 4.90 Å². The summed E-state index contributed by atoms with van der Waals surface area (Å²) in [4.78, 5) is 2.64. The normalized spacial score (nSPS) is 17.3. The molecule has 1 aromatic carbocycles. The van der Waals surface area contributed by atoms with Crippen LogP contribution in [0.25, 0.3) is 0 Å². The van der Waals surface area contributed by atoms with Crippen LogP contribution in [0.5, 0.6) is 0 Å².